The van der Waals surface area contributed by atoms with E-state index in [1.165, 1.54) is 6.07 Å². The molecule has 0 unspecified atom stereocenters. The van der Waals surface area contributed by atoms with Gasteiger partial charge < -0.3 is 21.3 Å². The van der Waals surface area contributed by atoms with Crippen LogP contribution in [0.5, 0.6) is 11.5 Å². The highest BCUT2D eigenvalue weighted by Crippen LogP contribution is 2.24. The molecule has 0 fully saturated rings. The summed E-state index contributed by atoms with van der Waals surface area (Å²) < 4.78 is 0. The number of aromatic hydroxyl groups is 2. The third kappa shape index (κ3) is 4.18. The van der Waals surface area contributed by atoms with E-state index in [1.54, 1.807) is 12.1 Å². The Kier molecular flexibility index (Phi) is 4.93. The number of phenols is 2. The van der Waals surface area contributed by atoms with Crippen LogP contribution >= 0.6 is 0 Å². The third-order valence-corrected chi connectivity index (χ3v) is 2.18. The predicted octanol–water partition coefficient (Wildman–Crippen LogP) is 0.926. The van der Waals surface area contributed by atoms with Gasteiger partial charge in [0.15, 0.2) is 11.5 Å². The van der Waals surface area contributed by atoms with Crippen LogP contribution in [-0.4, -0.2) is 23.3 Å². The summed E-state index contributed by atoms with van der Waals surface area (Å²) in [6.07, 6.45) is 2.08. The molecule has 0 bridgehead atoms. The van der Waals surface area contributed by atoms with E-state index in [0.717, 1.165) is 31.5 Å². The molecule has 84 valence electrons. The Morgan fingerprint density at radius 2 is 1.93 bits per heavy atom. The molecule has 4 heteroatoms. The molecule has 1 aromatic carbocycles. The molecular formula is C11H18N2O2. The van der Waals surface area contributed by atoms with Gasteiger partial charge in [0.1, 0.15) is 0 Å². The standard InChI is InChI=1S/C11H18N2O2/c12-5-1-2-6-13-8-9-3-4-10(14)11(15)7-9/h3-4,7,13-15H,1-2,5-6,8,12H2. The van der Waals surface area contributed by atoms with E-state index >= 15 is 0 Å². The van der Waals surface area contributed by atoms with Crippen molar-refractivity contribution in [2.75, 3.05) is 13.1 Å². The lowest BCUT2D eigenvalue weighted by atomic mass is 10.2. The maximum atomic E-state index is 9.25. The smallest absolute Gasteiger partial charge is 0.157 e. The van der Waals surface area contributed by atoms with Crippen molar-refractivity contribution in [2.45, 2.75) is 19.4 Å². The van der Waals surface area contributed by atoms with E-state index in [-0.39, 0.29) is 11.5 Å². The van der Waals surface area contributed by atoms with E-state index in [9.17, 15) is 5.11 Å². The van der Waals surface area contributed by atoms with Gasteiger partial charge in [-0.2, -0.15) is 0 Å². The molecule has 0 amide bonds. The highest BCUT2D eigenvalue weighted by Gasteiger charge is 1.99. The molecule has 4 nitrogen and oxygen atoms in total. The lowest BCUT2D eigenvalue weighted by molar-refractivity contribution is 0.403. The summed E-state index contributed by atoms with van der Waals surface area (Å²) in [5.74, 6) is -0.155. The van der Waals surface area contributed by atoms with Crippen LogP contribution in [0, 0.1) is 0 Å². The molecule has 0 aliphatic rings. The zero-order valence-electron chi connectivity index (χ0n) is 8.74. The van der Waals surface area contributed by atoms with Crippen LogP contribution < -0.4 is 11.1 Å². The van der Waals surface area contributed by atoms with Gasteiger partial charge in [0, 0.05) is 6.54 Å². The minimum absolute atomic E-state index is 0.0729. The lowest BCUT2D eigenvalue weighted by Gasteiger charge is -2.05. The lowest BCUT2D eigenvalue weighted by Crippen LogP contribution is -2.15. The second-order valence-corrected chi connectivity index (χ2v) is 3.50. The number of hydrogen-bond donors (Lipinski definition) is 4. The Labute approximate surface area is 89.7 Å². The van der Waals surface area contributed by atoms with E-state index in [4.69, 9.17) is 10.8 Å². The van der Waals surface area contributed by atoms with E-state index in [2.05, 4.69) is 5.32 Å². The third-order valence-electron chi connectivity index (χ3n) is 2.18. The van der Waals surface area contributed by atoms with Gasteiger partial charge in [0.25, 0.3) is 0 Å². The molecule has 0 radical (unpaired) electrons. The molecule has 1 rings (SSSR count). The fourth-order valence-electron chi connectivity index (χ4n) is 1.31. The molecular weight excluding hydrogens is 192 g/mol. The molecule has 0 aliphatic carbocycles. The van der Waals surface area contributed by atoms with Crippen LogP contribution in [0.25, 0.3) is 0 Å². The number of hydrogen-bond acceptors (Lipinski definition) is 4. The molecule has 0 spiro atoms. The molecule has 0 aromatic heterocycles. The summed E-state index contributed by atoms with van der Waals surface area (Å²) in [6, 6.07) is 4.84. The van der Waals surface area contributed by atoms with Gasteiger partial charge in [-0.3, -0.25) is 0 Å². The fourth-order valence-corrected chi connectivity index (χ4v) is 1.31. The highest BCUT2D eigenvalue weighted by atomic mass is 16.3. The number of rotatable bonds is 6. The van der Waals surface area contributed by atoms with Crippen molar-refractivity contribution in [2.24, 2.45) is 5.73 Å². The van der Waals surface area contributed by atoms with Crippen LogP contribution in [-0.2, 0) is 6.54 Å². The van der Waals surface area contributed by atoms with Gasteiger partial charge >= 0.3 is 0 Å². The normalized spacial score (nSPS) is 10.5. The topological polar surface area (TPSA) is 78.5 Å². The van der Waals surface area contributed by atoms with Crippen molar-refractivity contribution in [1.82, 2.24) is 5.32 Å². The van der Waals surface area contributed by atoms with Gasteiger partial charge in [-0.25, -0.2) is 0 Å². The summed E-state index contributed by atoms with van der Waals surface area (Å²) in [5, 5.41) is 21.6. The van der Waals surface area contributed by atoms with Crippen molar-refractivity contribution in [1.29, 1.82) is 0 Å². The molecule has 0 saturated heterocycles. The Bertz CT molecular complexity index is 303. The van der Waals surface area contributed by atoms with Crippen LogP contribution in [0.4, 0.5) is 0 Å². The van der Waals surface area contributed by atoms with E-state index in [1.807, 2.05) is 0 Å². The summed E-state index contributed by atoms with van der Waals surface area (Å²) in [6.45, 7) is 2.33. The SMILES string of the molecule is NCCCCNCc1ccc(O)c(O)c1. The minimum Gasteiger partial charge on any atom is -0.504 e. The highest BCUT2D eigenvalue weighted by molar-refractivity contribution is 5.40. The molecule has 0 saturated carbocycles. The summed E-state index contributed by atoms with van der Waals surface area (Å²) in [4.78, 5) is 0. The number of nitrogens with one attached hydrogen (secondary N) is 1. The number of benzene rings is 1. The number of unbranched alkanes of at least 4 members (excludes halogenated alkanes) is 1. The quantitative estimate of drug-likeness (QED) is 0.416. The van der Waals surface area contributed by atoms with Crippen molar-refractivity contribution in [3.8, 4) is 11.5 Å². The molecule has 0 heterocycles. The predicted molar refractivity (Wildman–Crippen MR) is 59.8 cm³/mol. The largest absolute Gasteiger partial charge is 0.504 e. The van der Waals surface area contributed by atoms with Gasteiger partial charge in [-0.15, -0.1) is 0 Å². The van der Waals surface area contributed by atoms with Crippen molar-refractivity contribution >= 4 is 0 Å². The first-order valence-corrected chi connectivity index (χ1v) is 5.15. The summed E-state index contributed by atoms with van der Waals surface area (Å²) in [5.41, 5.74) is 6.33. The van der Waals surface area contributed by atoms with Crippen LogP contribution in [0.1, 0.15) is 18.4 Å². The molecule has 1 aromatic rings. The summed E-state index contributed by atoms with van der Waals surface area (Å²) in [7, 11) is 0. The Hall–Kier alpha value is -1.26. The Morgan fingerprint density at radius 3 is 2.60 bits per heavy atom. The maximum absolute atomic E-state index is 9.25. The molecule has 0 aliphatic heterocycles. The minimum atomic E-state index is -0.0816. The molecule has 15 heavy (non-hydrogen) atoms. The second kappa shape index (κ2) is 6.27. The Morgan fingerprint density at radius 1 is 1.13 bits per heavy atom. The van der Waals surface area contributed by atoms with Gasteiger partial charge in [0.05, 0.1) is 0 Å². The zero-order valence-corrected chi connectivity index (χ0v) is 8.74. The first-order valence-electron chi connectivity index (χ1n) is 5.15. The fraction of sp³-hybridized carbons (Fsp3) is 0.455. The van der Waals surface area contributed by atoms with Crippen LogP contribution in [0.3, 0.4) is 0 Å². The first-order chi connectivity index (χ1) is 7.24. The average Bonchev–Trinajstić information content (AvgIpc) is 2.23. The number of nitrogens with two attached hydrogens (primary N) is 1. The number of phenolic OH excluding ortho intramolecular Hbond substituents is 2. The summed E-state index contributed by atoms with van der Waals surface area (Å²) >= 11 is 0. The van der Waals surface area contributed by atoms with Crippen molar-refractivity contribution in [3.63, 3.8) is 0 Å². The van der Waals surface area contributed by atoms with Crippen molar-refractivity contribution < 1.29 is 10.2 Å². The van der Waals surface area contributed by atoms with Gasteiger partial charge in [0.2, 0.25) is 0 Å². The zero-order chi connectivity index (χ0) is 11.1. The van der Waals surface area contributed by atoms with Crippen molar-refractivity contribution in [3.05, 3.63) is 23.8 Å². The maximum Gasteiger partial charge on any atom is 0.157 e. The first kappa shape index (κ1) is 11.8. The van der Waals surface area contributed by atoms with Crippen LogP contribution in [0.2, 0.25) is 0 Å². The van der Waals surface area contributed by atoms with E-state index < -0.39 is 0 Å². The van der Waals surface area contributed by atoms with Gasteiger partial charge in [-0.1, -0.05) is 6.07 Å². The van der Waals surface area contributed by atoms with E-state index in [0.29, 0.717) is 6.54 Å². The second-order valence-electron chi connectivity index (χ2n) is 3.50. The molecule has 5 N–H and O–H groups in total. The van der Waals surface area contributed by atoms with Gasteiger partial charge in [-0.05, 0) is 43.6 Å². The Balaban J connectivity index is 2.28. The van der Waals surface area contributed by atoms with Crippen LogP contribution in [0.15, 0.2) is 18.2 Å². The molecule has 0 atom stereocenters. The average molecular weight is 210 g/mol. The monoisotopic (exact) mass is 210 g/mol.